The third-order valence-corrected chi connectivity index (χ3v) is 7.88. The van der Waals surface area contributed by atoms with Crippen LogP contribution in [0.25, 0.3) is 11.1 Å². The summed E-state index contributed by atoms with van der Waals surface area (Å²) in [6.45, 7) is 5.95. The van der Waals surface area contributed by atoms with Crippen molar-refractivity contribution < 1.29 is 17.9 Å². The van der Waals surface area contributed by atoms with Gasteiger partial charge in [-0.15, -0.1) is 0 Å². The first-order chi connectivity index (χ1) is 18.6. The second-order valence-electron chi connectivity index (χ2n) is 10.4. The number of hydrogen-bond donors (Lipinski definition) is 0. The van der Waals surface area contributed by atoms with Gasteiger partial charge in [0, 0.05) is 31.9 Å². The molecule has 4 rings (SSSR count). The van der Waals surface area contributed by atoms with Crippen molar-refractivity contribution in [3.63, 3.8) is 0 Å². The molecule has 0 saturated carbocycles. The number of aryl methyl sites for hydroxylation is 1. The van der Waals surface area contributed by atoms with Crippen molar-refractivity contribution >= 4 is 16.0 Å². The zero-order valence-corrected chi connectivity index (χ0v) is 23.4. The number of esters is 1. The van der Waals surface area contributed by atoms with Crippen LogP contribution in [0.15, 0.2) is 108 Å². The lowest BCUT2D eigenvalue weighted by Crippen LogP contribution is -2.30. The average Bonchev–Trinajstić information content (AvgIpc) is 2.92. The van der Waals surface area contributed by atoms with E-state index in [0.717, 1.165) is 27.8 Å². The standard InChI is InChI=1S/C32H34N2O4S/c1-32(2,3)38-31(35)19-16-25-9-7-10-27(21-25)24-34(39(36,37)30-12-5-4-6-13-30)23-26-14-17-28(18-15-26)29-11-8-20-33-22-29/h4-15,17-18,20-22H,16,19,23-24H2,1-3H3. The van der Waals surface area contributed by atoms with E-state index in [1.165, 1.54) is 4.31 Å². The number of nitrogens with zero attached hydrogens (tertiary/aromatic N) is 2. The van der Waals surface area contributed by atoms with Crippen LogP contribution in [-0.2, 0) is 39.1 Å². The van der Waals surface area contributed by atoms with E-state index in [4.69, 9.17) is 4.74 Å². The zero-order chi connectivity index (χ0) is 27.9. The van der Waals surface area contributed by atoms with E-state index in [1.807, 2.05) is 81.4 Å². The Bertz CT molecular complexity index is 1480. The fourth-order valence-corrected chi connectivity index (χ4v) is 5.67. The maximum Gasteiger partial charge on any atom is 0.306 e. The Morgan fingerprint density at radius 2 is 1.49 bits per heavy atom. The van der Waals surface area contributed by atoms with E-state index in [2.05, 4.69) is 4.98 Å². The fourth-order valence-electron chi connectivity index (χ4n) is 4.23. The highest BCUT2D eigenvalue weighted by Gasteiger charge is 2.25. The Kier molecular flexibility index (Phi) is 8.94. The molecule has 0 N–H and O–H groups in total. The molecule has 0 fully saturated rings. The summed E-state index contributed by atoms with van der Waals surface area (Å²) in [6.07, 6.45) is 4.31. The number of aromatic nitrogens is 1. The molecule has 0 saturated heterocycles. The highest BCUT2D eigenvalue weighted by Crippen LogP contribution is 2.24. The van der Waals surface area contributed by atoms with Gasteiger partial charge in [0.1, 0.15) is 5.60 Å². The van der Waals surface area contributed by atoms with Gasteiger partial charge in [0.25, 0.3) is 0 Å². The monoisotopic (exact) mass is 542 g/mol. The Balaban J connectivity index is 1.55. The summed E-state index contributed by atoms with van der Waals surface area (Å²) in [5.74, 6) is -0.254. The van der Waals surface area contributed by atoms with Gasteiger partial charge < -0.3 is 4.74 Å². The van der Waals surface area contributed by atoms with Gasteiger partial charge in [-0.2, -0.15) is 4.31 Å². The number of ether oxygens (including phenoxy) is 1. The molecule has 1 heterocycles. The van der Waals surface area contributed by atoms with E-state index in [0.29, 0.717) is 6.42 Å². The van der Waals surface area contributed by atoms with Crippen LogP contribution in [0.1, 0.15) is 43.9 Å². The minimum absolute atomic E-state index is 0.196. The van der Waals surface area contributed by atoms with E-state index >= 15 is 0 Å². The first-order valence-electron chi connectivity index (χ1n) is 12.9. The normalized spacial score (nSPS) is 11.9. The Morgan fingerprint density at radius 3 is 2.15 bits per heavy atom. The zero-order valence-electron chi connectivity index (χ0n) is 22.6. The molecule has 4 aromatic rings. The summed E-state index contributed by atoms with van der Waals surface area (Å²) in [7, 11) is -3.77. The molecular formula is C32H34N2O4S. The van der Waals surface area contributed by atoms with Crippen LogP contribution in [-0.4, -0.2) is 29.3 Å². The molecule has 202 valence electrons. The van der Waals surface area contributed by atoms with Crippen LogP contribution >= 0.6 is 0 Å². The predicted molar refractivity (Wildman–Crippen MR) is 153 cm³/mol. The molecule has 7 heteroatoms. The maximum absolute atomic E-state index is 13.7. The molecule has 39 heavy (non-hydrogen) atoms. The van der Waals surface area contributed by atoms with Crippen LogP contribution in [0.5, 0.6) is 0 Å². The third-order valence-electron chi connectivity index (χ3n) is 6.08. The summed E-state index contributed by atoms with van der Waals surface area (Å²) in [6, 6.07) is 28.0. The van der Waals surface area contributed by atoms with Gasteiger partial charge in [-0.25, -0.2) is 8.42 Å². The first-order valence-corrected chi connectivity index (χ1v) is 14.4. The second-order valence-corrected chi connectivity index (χ2v) is 12.4. The van der Waals surface area contributed by atoms with Crippen LogP contribution in [0.4, 0.5) is 0 Å². The van der Waals surface area contributed by atoms with E-state index in [9.17, 15) is 13.2 Å². The maximum atomic E-state index is 13.7. The van der Waals surface area contributed by atoms with Gasteiger partial charge >= 0.3 is 5.97 Å². The van der Waals surface area contributed by atoms with Crippen molar-refractivity contribution in [2.24, 2.45) is 0 Å². The van der Waals surface area contributed by atoms with Crippen LogP contribution in [0.3, 0.4) is 0 Å². The third kappa shape index (κ3) is 8.09. The highest BCUT2D eigenvalue weighted by molar-refractivity contribution is 7.89. The summed E-state index contributed by atoms with van der Waals surface area (Å²) >= 11 is 0. The summed E-state index contributed by atoms with van der Waals surface area (Å²) < 4.78 is 34.4. The minimum Gasteiger partial charge on any atom is -0.460 e. The van der Waals surface area contributed by atoms with Gasteiger partial charge in [-0.1, -0.05) is 72.8 Å². The van der Waals surface area contributed by atoms with Crippen molar-refractivity contribution in [1.29, 1.82) is 0 Å². The number of carbonyl (C=O) groups excluding carboxylic acids is 1. The lowest BCUT2D eigenvalue weighted by Gasteiger charge is -2.23. The number of rotatable bonds is 10. The number of hydrogen-bond acceptors (Lipinski definition) is 5. The summed E-state index contributed by atoms with van der Waals surface area (Å²) in [5, 5.41) is 0. The Hall–Kier alpha value is -3.81. The Labute approximate surface area is 231 Å². The van der Waals surface area contributed by atoms with Crippen LogP contribution in [0, 0.1) is 0 Å². The van der Waals surface area contributed by atoms with E-state index < -0.39 is 15.6 Å². The fraction of sp³-hybridized carbons (Fsp3) is 0.250. The lowest BCUT2D eigenvalue weighted by atomic mass is 10.1. The molecule has 0 unspecified atom stereocenters. The molecule has 0 aliphatic rings. The minimum atomic E-state index is -3.77. The van der Waals surface area contributed by atoms with Gasteiger partial charge in [0.05, 0.1) is 4.90 Å². The predicted octanol–water partition coefficient (Wildman–Crippen LogP) is 6.41. The molecule has 3 aromatic carbocycles. The van der Waals surface area contributed by atoms with Gasteiger partial charge in [0.2, 0.25) is 10.0 Å². The number of benzene rings is 3. The van der Waals surface area contributed by atoms with Gasteiger partial charge in [0.15, 0.2) is 0 Å². The molecule has 0 radical (unpaired) electrons. The molecule has 0 spiro atoms. The molecule has 6 nitrogen and oxygen atoms in total. The summed E-state index contributed by atoms with van der Waals surface area (Å²) in [4.78, 5) is 16.6. The van der Waals surface area contributed by atoms with Crippen LogP contribution in [0.2, 0.25) is 0 Å². The molecule has 1 aromatic heterocycles. The first kappa shape index (κ1) is 28.2. The molecule has 0 aliphatic carbocycles. The van der Waals surface area contributed by atoms with Crippen molar-refractivity contribution in [2.45, 2.75) is 57.2 Å². The quantitative estimate of drug-likeness (QED) is 0.216. The largest absolute Gasteiger partial charge is 0.460 e. The number of carbonyl (C=O) groups is 1. The van der Waals surface area contributed by atoms with E-state index in [-0.39, 0.29) is 30.4 Å². The van der Waals surface area contributed by atoms with Gasteiger partial charge in [-0.3, -0.25) is 9.78 Å². The van der Waals surface area contributed by atoms with Crippen molar-refractivity contribution in [1.82, 2.24) is 9.29 Å². The van der Waals surface area contributed by atoms with Crippen molar-refractivity contribution in [3.8, 4) is 11.1 Å². The molecule has 0 aliphatic heterocycles. The molecular weight excluding hydrogens is 508 g/mol. The van der Waals surface area contributed by atoms with Crippen molar-refractivity contribution in [2.75, 3.05) is 0 Å². The van der Waals surface area contributed by atoms with Crippen molar-refractivity contribution in [3.05, 3.63) is 120 Å². The average molecular weight is 543 g/mol. The van der Waals surface area contributed by atoms with Gasteiger partial charge in [-0.05, 0) is 73.2 Å². The molecule has 0 amide bonds. The topological polar surface area (TPSA) is 76.6 Å². The molecule has 0 bridgehead atoms. The molecule has 0 atom stereocenters. The smallest absolute Gasteiger partial charge is 0.306 e. The number of sulfonamides is 1. The van der Waals surface area contributed by atoms with Crippen LogP contribution < -0.4 is 0 Å². The summed E-state index contributed by atoms with van der Waals surface area (Å²) in [5.41, 5.74) is 4.17. The second kappa shape index (κ2) is 12.4. The SMILES string of the molecule is CC(C)(C)OC(=O)CCc1cccc(CN(Cc2ccc(-c3cccnc3)cc2)S(=O)(=O)c2ccccc2)c1. The highest BCUT2D eigenvalue weighted by atomic mass is 32.2. The number of pyridine rings is 1. The van der Waals surface area contributed by atoms with E-state index in [1.54, 1.807) is 42.7 Å². The Morgan fingerprint density at radius 1 is 0.795 bits per heavy atom. The lowest BCUT2D eigenvalue weighted by molar-refractivity contribution is -0.154.